The second-order valence-electron chi connectivity index (χ2n) is 4.97. The highest BCUT2D eigenvalue weighted by atomic mass is 79.9. The third-order valence-corrected chi connectivity index (χ3v) is 5.99. The van der Waals surface area contributed by atoms with Crippen LogP contribution >= 0.6 is 43.5 Å². The maximum atomic E-state index is 13.5. The van der Waals surface area contributed by atoms with Crippen molar-refractivity contribution in [2.75, 3.05) is 10.7 Å². The van der Waals surface area contributed by atoms with E-state index in [0.29, 0.717) is 22.1 Å². The van der Waals surface area contributed by atoms with E-state index in [2.05, 4.69) is 31.9 Å². The number of hydrogen-bond acceptors (Lipinski definition) is 0. The third-order valence-electron chi connectivity index (χ3n) is 3.49. The first kappa shape index (κ1) is 16.9. The Morgan fingerprint density at radius 1 is 0.952 bits per heavy atom. The molecule has 0 saturated carbocycles. The summed E-state index contributed by atoms with van der Waals surface area (Å²) in [4.78, 5) is 0. The van der Waals surface area contributed by atoms with Crippen molar-refractivity contribution < 1.29 is 8.78 Å². The van der Waals surface area contributed by atoms with Gasteiger partial charge < -0.3 is 0 Å². The molecule has 0 fully saturated rings. The number of hydrogen-bond donors (Lipinski definition) is 0. The first-order valence-corrected chi connectivity index (χ1v) is 8.95. The highest BCUT2D eigenvalue weighted by molar-refractivity contribution is 9.09. The van der Waals surface area contributed by atoms with Crippen LogP contribution in [0.3, 0.4) is 0 Å². The summed E-state index contributed by atoms with van der Waals surface area (Å²) in [5.41, 5.74) is 1.35. The van der Waals surface area contributed by atoms with Gasteiger partial charge in [-0.3, -0.25) is 0 Å². The monoisotopic (exact) mass is 436 g/mol. The fourth-order valence-corrected chi connectivity index (χ4v) is 4.44. The van der Waals surface area contributed by atoms with Crippen molar-refractivity contribution in [3.63, 3.8) is 0 Å². The van der Waals surface area contributed by atoms with Gasteiger partial charge >= 0.3 is 0 Å². The lowest BCUT2D eigenvalue weighted by atomic mass is 9.79. The molecule has 21 heavy (non-hydrogen) atoms. The number of benzene rings is 2. The average molecular weight is 439 g/mol. The van der Waals surface area contributed by atoms with Gasteiger partial charge in [-0.15, -0.1) is 0 Å². The van der Waals surface area contributed by atoms with Crippen LogP contribution in [0.5, 0.6) is 0 Å². The molecule has 0 spiro atoms. The van der Waals surface area contributed by atoms with Crippen molar-refractivity contribution >= 4 is 43.5 Å². The van der Waals surface area contributed by atoms with E-state index in [1.165, 1.54) is 24.3 Å². The molecule has 0 aromatic heterocycles. The highest BCUT2D eigenvalue weighted by Crippen LogP contribution is 2.35. The van der Waals surface area contributed by atoms with Crippen molar-refractivity contribution in [1.82, 2.24) is 0 Å². The molecule has 0 aliphatic heterocycles. The molecular formula is C16H13Br2ClF2. The smallest absolute Gasteiger partial charge is 0.124 e. The van der Waals surface area contributed by atoms with Gasteiger partial charge in [-0.1, -0.05) is 61.7 Å². The molecule has 2 rings (SSSR count). The fourth-order valence-electron chi connectivity index (χ4n) is 2.23. The molecular weight excluding hydrogens is 425 g/mol. The van der Waals surface area contributed by atoms with Gasteiger partial charge in [0, 0.05) is 21.1 Å². The molecule has 0 unspecified atom stereocenters. The molecule has 0 aliphatic rings. The molecule has 0 aliphatic carbocycles. The lowest BCUT2D eigenvalue weighted by Crippen LogP contribution is -2.33. The second kappa shape index (κ2) is 7.21. The van der Waals surface area contributed by atoms with Gasteiger partial charge in [-0.25, -0.2) is 8.78 Å². The summed E-state index contributed by atoms with van der Waals surface area (Å²) in [6.45, 7) is 0. The molecule has 0 bridgehead atoms. The van der Waals surface area contributed by atoms with Crippen LogP contribution in [0.4, 0.5) is 8.78 Å². The van der Waals surface area contributed by atoms with Gasteiger partial charge in [0.05, 0.1) is 0 Å². The molecule has 2 aromatic rings. The SMILES string of the molecule is Fc1cccc(C(CBr)(CBr)Cc2ccc(F)cc2Cl)c1. The minimum atomic E-state index is -0.363. The van der Waals surface area contributed by atoms with Crippen LogP contribution in [0.15, 0.2) is 42.5 Å². The van der Waals surface area contributed by atoms with E-state index in [9.17, 15) is 8.78 Å². The van der Waals surface area contributed by atoms with Crippen LogP contribution < -0.4 is 0 Å². The van der Waals surface area contributed by atoms with E-state index in [-0.39, 0.29) is 17.0 Å². The minimum absolute atomic E-state index is 0.274. The van der Waals surface area contributed by atoms with Gasteiger partial charge in [-0.05, 0) is 41.8 Å². The zero-order valence-corrected chi connectivity index (χ0v) is 15.0. The van der Waals surface area contributed by atoms with Gasteiger partial charge in [0.2, 0.25) is 0 Å². The Morgan fingerprint density at radius 2 is 1.62 bits per heavy atom. The topological polar surface area (TPSA) is 0 Å². The summed E-state index contributed by atoms with van der Waals surface area (Å²) in [7, 11) is 0. The predicted molar refractivity (Wildman–Crippen MR) is 90.8 cm³/mol. The van der Waals surface area contributed by atoms with Crippen molar-refractivity contribution in [2.45, 2.75) is 11.8 Å². The Labute approximate surface area is 144 Å². The van der Waals surface area contributed by atoms with Gasteiger partial charge in [-0.2, -0.15) is 0 Å². The molecule has 0 heterocycles. The lowest BCUT2D eigenvalue weighted by Gasteiger charge is -2.31. The zero-order chi connectivity index (χ0) is 15.5. The Morgan fingerprint density at radius 3 is 2.19 bits per heavy atom. The van der Waals surface area contributed by atoms with Crippen LogP contribution in [0.2, 0.25) is 5.02 Å². The summed E-state index contributed by atoms with van der Waals surface area (Å²) in [6, 6.07) is 10.9. The Bertz CT molecular complexity index is 627. The van der Waals surface area contributed by atoms with Crippen LogP contribution in [-0.4, -0.2) is 10.7 Å². The molecule has 0 amide bonds. The Balaban J connectivity index is 2.43. The zero-order valence-electron chi connectivity index (χ0n) is 11.1. The molecule has 0 radical (unpaired) electrons. The number of alkyl halides is 2. The molecule has 2 aromatic carbocycles. The van der Waals surface area contributed by atoms with Gasteiger partial charge in [0.1, 0.15) is 11.6 Å². The number of halogens is 5. The molecule has 0 atom stereocenters. The Kier molecular flexibility index (Phi) is 5.81. The summed E-state index contributed by atoms with van der Waals surface area (Å²) in [5.74, 6) is -0.637. The summed E-state index contributed by atoms with van der Waals surface area (Å²) in [6.07, 6.45) is 0.575. The molecule has 0 nitrogen and oxygen atoms in total. The lowest BCUT2D eigenvalue weighted by molar-refractivity contribution is 0.540. The minimum Gasteiger partial charge on any atom is -0.207 e. The maximum Gasteiger partial charge on any atom is 0.124 e. The van der Waals surface area contributed by atoms with Crippen LogP contribution in [0, 0.1) is 11.6 Å². The third kappa shape index (κ3) is 3.85. The predicted octanol–water partition coefficient (Wildman–Crippen LogP) is 5.89. The van der Waals surface area contributed by atoms with Crippen LogP contribution in [0.1, 0.15) is 11.1 Å². The summed E-state index contributed by atoms with van der Waals surface area (Å²) in [5, 5.41) is 1.64. The normalized spacial score (nSPS) is 11.7. The van der Waals surface area contributed by atoms with E-state index >= 15 is 0 Å². The van der Waals surface area contributed by atoms with E-state index < -0.39 is 0 Å². The largest absolute Gasteiger partial charge is 0.207 e. The summed E-state index contributed by atoms with van der Waals surface area (Å²) >= 11 is 13.2. The van der Waals surface area contributed by atoms with Crippen molar-refractivity contribution in [3.8, 4) is 0 Å². The highest BCUT2D eigenvalue weighted by Gasteiger charge is 2.31. The Hall–Kier alpha value is -0.450. The van der Waals surface area contributed by atoms with Crippen LogP contribution in [-0.2, 0) is 11.8 Å². The summed E-state index contributed by atoms with van der Waals surface area (Å²) < 4.78 is 26.7. The van der Waals surface area contributed by atoms with E-state index in [1.807, 2.05) is 6.07 Å². The number of rotatable bonds is 5. The van der Waals surface area contributed by atoms with E-state index in [4.69, 9.17) is 11.6 Å². The van der Waals surface area contributed by atoms with Crippen LogP contribution in [0.25, 0.3) is 0 Å². The molecule has 112 valence electrons. The van der Waals surface area contributed by atoms with Crippen molar-refractivity contribution in [1.29, 1.82) is 0 Å². The van der Waals surface area contributed by atoms with Crippen molar-refractivity contribution in [3.05, 3.63) is 70.2 Å². The van der Waals surface area contributed by atoms with Crippen molar-refractivity contribution in [2.24, 2.45) is 0 Å². The fraction of sp³-hybridized carbons (Fsp3) is 0.250. The maximum absolute atomic E-state index is 13.5. The van der Waals surface area contributed by atoms with E-state index in [0.717, 1.165) is 11.1 Å². The van der Waals surface area contributed by atoms with Gasteiger partial charge in [0.15, 0.2) is 0 Å². The quantitative estimate of drug-likeness (QED) is 0.511. The molecule has 0 N–H and O–H groups in total. The molecule has 5 heteroatoms. The van der Waals surface area contributed by atoms with Gasteiger partial charge in [0.25, 0.3) is 0 Å². The first-order chi connectivity index (χ1) is 10.0. The first-order valence-electron chi connectivity index (χ1n) is 6.33. The van der Waals surface area contributed by atoms with E-state index in [1.54, 1.807) is 12.1 Å². The molecule has 0 saturated heterocycles. The standard InChI is InChI=1S/C16H13Br2ClF2/c17-9-16(10-18,12-2-1-3-13(20)6-12)8-11-4-5-14(21)7-15(11)19/h1-7H,8-10H2. The second-order valence-corrected chi connectivity index (χ2v) is 6.50. The average Bonchev–Trinajstić information content (AvgIpc) is 2.47.